The third kappa shape index (κ3) is 5.21. The van der Waals surface area contributed by atoms with E-state index in [1.54, 1.807) is 6.92 Å². The summed E-state index contributed by atoms with van der Waals surface area (Å²) in [6, 6.07) is 31.1. The number of esters is 1. The Morgan fingerprint density at radius 3 is 1.67 bits per heavy atom. The Morgan fingerprint density at radius 1 is 0.714 bits per heavy atom. The second kappa shape index (κ2) is 11.9. The monoisotopic (exact) mass is 557 g/mol. The number of aromatic nitrogens is 2. The molecule has 0 unspecified atom stereocenters. The fourth-order valence-corrected chi connectivity index (χ4v) is 6.39. The minimum Gasteiger partial charge on any atom is -0.462 e. The van der Waals surface area contributed by atoms with E-state index in [-0.39, 0.29) is 5.97 Å². The maximum absolute atomic E-state index is 11.9. The summed E-state index contributed by atoms with van der Waals surface area (Å²) < 4.78 is 10.2. The lowest BCUT2D eigenvalue weighted by atomic mass is 10.1. The predicted molar refractivity (Wildman–Crippen MR) is 175 cm³/mol. The van der Waals surface area contributed by atoms with Crippen LogP contribution in [0.25, 0.3) is 43.6 Å². The average molecular weight is 558 g/mol. The Hall–Kier alpha value is -4.35. The molecule has 5 nitrogen and oxygen atoms in total. The Bertz CT molecular complexity index is 1800. The van der Waals surface area contributed by atoms with Crippen molar-refractivity contribution in [1.29, 1.82) is 0 Å². The number of hydrogen-bond donors (Lipinski definition) is 0. The maximum Gasteiger partial charge on any atom is 0.333 e. The van der Waals surface area contributed by atoms with Gasteiger partial charge in [0.2, 0.25) is 0 Å². The molecule has 42 heavy (non-hydrogen) atoms. The maximum atomic E-state index is 11.9. The smallest absolute Gasteiger partial charge is 0.333 e. The largest absolute Gasteiger partial charge is 0.462 e. The quantitative estimate of drug-likeness (QED) is 0.0911. The lowest BCUT2D eigenvalue weighted by Crippen LogP contribution is -2.25. The number of carbonyl (C=O) groups is 1. The van der Waals surface area contributed by atoms with Crippen LogP contribution in [-0.4, -0.2) is 33.2 Å². The van der Waals surface area contributed by atoms with Gasteiger partial charge >= 0.3 is 5.97 Å². The van der Waals surface area contributed by atoms with Crippen LogP contribution in [0, 0.1) is 0 Å². The normalized spacial score (nSPS) is 11.8. The van der Waals surface area contributed by atoms with E-state index in [0.29, 0.717) is 12.2 Å². The van der Waals surface area contributed by atoms with Gasteiger partial charge < -0.3 is 13.9 Å². The molecule has 6 aromatic rings. The Morgan fingerprint density at radius 2 is 1.19 bits per heavy atom. The van der Waals surface area contributed by atoms with Gasteiger partial charge in [-0.15, -0.1) is 0 Å². The second-order valence-electron chi connectivity index (χ2n) is 11.2. The van der Waals surface area contributed by atoms with Crippen LogP contribution in [-0.2, 0) is 35.7 Å². The summed E-state index contributed by atoms with van der Waals surface area (Å²) in [6.07, 6.45) is 0.758. The van der Waals surface area contributed by atoms with Crippen LogP contribution in [0.2, 0.25) is 0 Å². The summed E-state index contributed by atoms with van der Waals surface area (Å²) in [6.45, 7) is 14.5. The van der Waals surface area contributed by atoms with Crippen LogP contribution < -0.4 is 0 Å². The van der Waals surface area contributed by atoms with Crippen molar-refractivity contribution in [3.05, 3.63) is 108 Å². The highest BCUT2D eigenvalue weighted by Crippen LogP contribution is 2.32. The molecular weight excluding hydrogens is 518 g/mol. The second-order valence-corrected chi connectivity index (χ2v) is 11.2. The standard InChI is InChI=1S/C37H39N3O2/c1-5-39-33-14-9-7-12-29(33)31-22-27(16-18-35(31)39)24-38(20-11-21-42-37(41)26(3)4)25-28-17-19-36-32(23-28)30-13-8-10-15-34(30)40(36)6-2/h7-10,12-19,22-23H,3,5-6,11,20-21,24-25H2,1-2,4H3. The van der Waals surface area contributed by atoms with E-state index in [2.05, 4.69) is 119 Å². The fourth-order valence-electron chi connectivity index (χ4n) is 6.39. The van der Waals surface area contributed by atoms with Gasteiger partial charge in [0.15, 0.2) is 0 Å². The van der Waals surface area contributed by atoms with E-state index in [4.69, 9.17) is 4.74 Å². The number of benzene rings is 4. The Labute approximate surface area is 247 Å². The molecule has 0 atom stereocenters. The van der Waals surface area contributed by atoms with Crippen molar-refractivity contribution in [3.8, 4) is 0 Å². The fraction of sp³-hybridized carbons (Fsp3) is 0.270. The van der Waals surface area contributed by atoms with Crippen molar-refractivity contribution in [2.24, 2.45) is 0 Å². The highest BCUT2D eigenvalue weighted by atomic mass is 16.5. The molecule has 6 rings (SSSR count). The van der Waals surface area contributed by atoms with Crippen LogP contribution in [0.3, 0.4) is 0 Å². The van der Waals surface area contributed by atoms with Gasteiger partial charge in [-0.2, -0.15) is 0 Å². The number of nitrogens with zero attached hydrogens (tertiary/aromatic N) is 3. The van der Waals surface area contributed by atoms with Crippen molar-refractivity contribution >= 4 is 49.6 Å². The van der Waals surface area contributed by atoms with Gasteiger partial charge in [-0.1, -0.05) is 55.1 Å². The number of ether oxygens (including phenoxy) is 1. The first-order valence-electron chi connectivity index (χ1n) is 15.0. The van der Waals surface area contributed by atoms with E-state index in [9.17, 15) is 4.79 Å². The molecule has 0 aliphatic carbocycles. The first kappa shape index (κ1) is 27.8. The minimum absolute atomic E-state index is 0.322. The van der Waals surface area contributed by atoms with Gasteiger partial charge in [0.1, 0.15) is 0 Å². The third-order valence-corrected chi connectivity index (χ3v) is 8.32. The SMILES string of the molecule is C=C(C)C(=O)OCCCN(Cc1ccc2c(c1)c1ccccc1n2CC)Cc1ccc2c(c1)c1ccccc1n2CC. The van der Waals surface area contributed by atoms with Gasteiger partial charge in [-0.05, 0) is 74.7 Å². The molecule has 0 aliphatic heterocycles. The van der Waals surface area contributed by atoms with Crippen molar-refractivity contribution < 1.29 is 9.53 Å². The minimum atomic E-state index is -0.322. The highest BCUT2D eigenvalue weighted by Gasteiger charge is 2.15. The number of fused-ring (bicyclic) bond motifs is 6. The zero-order chi connectivity index (χ0) is 29.2. The van der Waals surface area contributed by atoms with Gasteiger partial charge in [0, 0.05) is 81.9 Å². The number of para-hydroxylation sites is 2. The van der Waals surface area contributed by atoms with E-state index >= 15 is 0 Å². The number of hydrogen-bond acceptors (Lipinski definition) is 3. The van der Waals surface area contributed by atoms with Crippen LogP contribution in [0.15, 0.2) is 97.1 Å². The Balaban J connectivity index is 1.31. The van der Waals surface area contributed by atoms with Crippen molar-refractivity contribution in [3.63, 3.8) is 0 Å². The van der Waals surface area contributed by atoms with E-state index in [0.717, 1.165) is 39.1 Å². The van der Waals surface area contributed by atoms with Crippen LogP contribution in [0.4, 0.5) is 0 Å². The van der Waals surface area contributed by atoms with Gasteiger partial charge in [-0.3, -0.25) is 4.90 Å². The molecular formula is C37H39N3O2. The molecule has 0 saturated carbocycles. The molecule has 2 aromatic heterocycles. The summed E-state index contributed by atoms with van der Waals surface area (Å²) in [5.74, 6) is -0.322. The number of aryl methyl sites for hydroxylation is 2. The first-order chi connectivity index (χ1) is 20.5. The van der Waals surface area contributed by atoms with E-state index < -0.39 is 0 Å². The van der Waals surface area contributed by atoms with Crippen LogP contribution in [0.5, 0.6) is 0 Å². The molecule has 0 aliphatic rings. The van der Waals surface area contributed by atoms with Gasteiger partial charge in [-0.25, -0.2) is 4.79 Å². The summed E-state index contributed by atoms with van der Waals surface area (Å²) in [7, 11) is 0. The van der Waals surface area contributed by atoms with Gasteiger partial charge in [0.05, 0.1) is 6.61 Å². The zero-order valence-corrected chi connectivity index (χ0v) is 24.9. The topological polar surface area (TPSA) is 39.4 Å². The Kier molecular flexibility index (Phi) is 7.86. The summed E-state index contributed by atoms with van der Waals surface area (Å²) in [5, 5.41) is 5.20. The molecule has 0 N–H and O–H groups in total. The van der Waals surface area contributed by atoms with Crippen molar-refractivity contribution in [1.82, 2.24) is 14.0 Å². The van der Waals surface area contributed by atoms with Gasteiger partial charge in [0.25, 0.3) is 0 Å². The molecule has 214 valence electrons. The summed E-state index contributed by atoms with van der Waals surface area (Å²) >= 11 is 0. The molecule has 0 fully saturated rings. The molecule has 0 amide bonds. The first-order valence-corrected chi connectivity index (χ1v) is 15.0. The highest BCUT2D eigenvalue weighted by molar-refractivity contribution is 6.09. The lowest BCUT2D eigenvalue weighted by Gasteiger charge is -2.23. The van der Waals surface area contributed by atoms with Crippen LogP contribution in [0.1, 0.15) is 38.3 Å². The predicted octanol–water partition coefficient (Wildman–Crippen LogP) is 8.45. The lowest BCUT2D eigenvalue weighted by molar-refractivity contribution is -0.139. The molecule has 4 aromatic carbocycles. The summed E-state index contributed by atoms with van der Waals surface area (Å²) in [5.41, 5.74) is 8.11. The number of carbonyl (C=O) groups excluding carboxylic acids is 1. The molecule has 0 spiro atoms. The molecule has 2 heterocycles. The third-order valence-electron chi connectivity index (χ3n) is 8.32. The summed E-state index contributed by atoms with van der Waals surface area (Å²) in [4.78, 5) is 14.4. The van der Waals surface area contributed by atoms with Crippen LogP contribution >= 0.6 is 0 Å². The zero-order valence-electron chi connectivity index (χ0n) is 24.9. The number of rotatable bonds is 11. The van der Waals surface area contributed by atoms with Crippen molar-refractivity contribution in [2.75, 3.05) is 13.2 Å². The van der Waals surface area contributed by atoms with E-state index in [1.807, 2.05) is 0 Å². The van der Waals surface area contributed by atoms with E-state index in [1.165, 1.54) is 54.7 Å². The average Bonchev–Trinajstić information content (AvgIpc) is 3.50. The molecule has 0 saturated heterocycles. The molecule has 0 radical (unpaired) electrons. The molecule has 5 heteroatoms. The molecule has 0 bridgehead atoms. The van der Waals surface area contributed by atoms with Crippen molar-refractivity contribution in [2.45, 2.75) is 53.4 Å².